The molecule has 1 aromatic carbocycles. The Bertz CT molecular complexity index is 391. The van der Waals surface area contributed by atoms with Gasteiger partial charge in [0.2, 0.25) is 0 Å². The van der Waals surface area contributed by atoms with Crippen LogP contribution in [0.5, 0.6) is 0 Å². The highest BCUT2D eigenvalue weighted by Gasteiger charge is 2.13. The fraction of sp³-hybridized carbons (Fsp3) is 0.417. The molecule has 2 N–H and O–H groups in total. The SMILES string of the molecule is CCCCOC(=O)c1cc(Cl)cc(C)c1N. The Morgan fingerprint density at radius 2 is 2.19 bits per heavy atom. The number of esters is 1. The first kappa shape index (κ1) is 12.8. The van der Waals surface area contributed by atoms with E-state index in [4.69, 9.17) is 22.1 Å². The summed E-state index contributed by atoms with van der Waals surface area (Å²) in [6, 6.07) is 3.26. The molecule has 0 atom stereocenters. The molecule has 0 aliphatic heterocycles. The maximum atomic E-state index is 11.7. The van der Waals surface area contributed by atoms with Crippen molar-refractivity contribution in [3.63, 3.8) is 0 Å². The number of hydrogen-bond donors (Lipinski definition) is 1. The number of carbonyl (C=O) groups is 1. The molecule has 0 aliphatic carbocycles. The smallest absolute Gasteiger partial charge is 0.340 e. The van der Waals surface area contributed by atoms with Gasteiger partial charge in [-0.15, -0.1) is 0 Å². The first-order valence-corrected chi connectivity index (χ1v) is 5.66. The van der Waals surface area contributed by atoms with Gasteiger partial charge in [0.05, 0.1) is 12.2 Å². The second kappa shape index (κ2) is 5.75. The number of nitrogens with two attached hydrogens (primary N) is 1. The second-order valence-corrected chi connectivity index (χ2v) is 4.11. The monoisotopic (exact) mass is 241 g/mol. The van der Waals surface area contributed by atoms with Gasteiger partial charge >= 0.3 is 5.97 Å². The molecule has 1 aromatic rings. The van der Waals surface area contributed by atoms with E-state index in [9.17, 15) is 4.79 Å². The van der Waals surface area contributed by atoms with Gasteiger partial charge in [-0.3, -0.25) is 0 Å². The second-order valence-electron chi connectivity index (χ2n) is 3.67. The summed E-state index contributed by atoms with van der Waals surface area (Å²) in [5.41, 5.74) is 7.37. The summed E-state index contributed by atoms with van der Waals surface area (Å²) in [5, 5.41) is 0.495. The fourth-order valence-corrected chi connectivity index (χ4v) is 1.58. The molecule has 0 radical (unpaired) electrons. The van der Waals surface area contributed by atoms with E-state index >= 15 is 0 Å². The lowest BCUT2D eigenvalue weighted by Crippen LogP contribution is -2.10. The van der Waals surface area contributed by atoms with Crippen molar-refractivity contribution in [2.75, 3.05) is 12.3 Å². The summed E-state index contributed by atoms with van der Waals surface area (Å²) in [6.07, 6.45) is 1.84. The summed E-state index contributed by atoms with van der Waals surface area (Å²) in [7, 11) is 0. The molecule has 0 fully saturated rings. The first-order chi connectivity index (χ1) is 7.56. The summed E-state index contributed by atoms with van der Waals surface area (Å²) in [4.78, 5) is 11.7. The molecule has 0 heterocycles. The lowest BCUT2D eigenvalue weighted by Gasteiger charge is -2.09. The number of benzene rings is 1. The molecular formula is C12H16ClNO2. The van der Waals surface area contributed by atoms with Crippen LogP contribution in [0.1, 0.15) is 35.7 Å². The number of unbranched alkanes of at least 4 members (excludes halogenated alkanes) is 1. The van der Waals surface area contributed by atoms with Gasteiger partial charge in [0.1, 0.15) is 0 Å². The third-order valence-corrected chi connectivity index (χ3v) is 2.52. The number of aryl methyl sites for hydroxylation is 1. The van der Waals surface area contributed by atoms with Gasteiger partial charge in [0, 0.05) is 10.7 Å². The quantitative estimate of drug-likeness (QED) is 0.500. The van der Waals surface area contributed by atoms with Crippen LogP contribution in [0.4, 0.5) is 5.69 Å². The van der Waals surface area contributed by atoms with Crippen molar-refractivity contribution in [2.45, 2.75) is 26.7 Å². The van der Waals surface area contributed by atoms with E-state index < -0.39 is 5.97 Å². The highest BCUT2D eigenvalue weighted by Crippen LogP contribution is 2.23. The summed E-state index contributed by atoms with van der Waals surface area (Å²) >= 11 is 5.86. The first-order valence-electron chi connectivity index (χ1n) is 5.29. The molecule has 0 saturated carbocycles. The number of halogens is 1. The zero-order valence-corrected chi connectivity index (χ0v) is 10.3. The van der Waals surface area contributed by atoms with E-state index in [0.29, 0.717) is 22.9 Å². The third kappa shape index (κ3) is 3.14. The Morgan fingerprint density at radius 3 is 2.81 bits per heavy atom. The van der Waals surface area contributed by atoms with Crippen LogP contribution in [0.25, 0.3) is 0 Å². The predicted molar refractivity (Wildman–Crippen MR) is 65.8 cm³/mol. The molecule has 0 spiro atoms. The fourth-order valence-electron chi connectivity index (χ4n) is 1.31. The molecule has 1 rings (SSSR count). The number of hydrogen-bond acceptors (Lipinski definition) is 3. The normalized spacial score (nSPS) is 10.2. The Hall–Kier alpha value is -1.22. The lowest BCUT2D eigenvalue weighted by molar-refractivity contribution is 0.0501. The Morgan fingerprint density at radius 1 is 1.50 bits per heavy atom. The van der Waals surface area contributed by atoms with E-state index in [1.807, 2.05) is 13.8 Å². The molecule has 0 bridgehead atoms. The van der Waals surface area contributed by atoms with Crippen molar-refractivity contribution < 1.29 is 9.53 Å². The molecule has 0 unspecified atom stereocenters. The van der Waals surface area contributed by atoms with E-state index in [1.54, 1.807) is 6.07 Å². The van der Waals surface area contributed by atoms with Gasteiger partial charge in [0.25, 0.3) is 0 Å². The molecule has 0 saturated heterocycles. The minimum atomic E-state index is -0.406. The van der Waals surface area contributed by atoms with Gasteiger partial charge in [-0.05, 0) is 31.0 Å². The number of anilines is 1. The van der Waals surface area contributed by atoms with Gasteiger partial charge in [-0.1, -0.05) is 24.9 Å². The summed E-state index contributed by atoms with van der Waals surface area (Å²) in [5.74, 6) is -0.406. The van der Waals surface area contributed by atoms with Crippen LogP contribution >= 0.6 is 11.6 Å². The number of carbonyl (C=O) groups excluding carboxylic acids is 1. The maximum Gasteiger partial charge on any atom is 0.340 e. The van der Waals surface area contributed by atoms with Crippen molar-refractivity contribution in [2.24, 2.45) is 0 Å². The Balaban J connectivity index is 2.82. The van der Waals surface area contributed by atoms with Gasteiger partial charge in [-0.25, -0.2) is 4.79 Å². The highest BCUT2D eigenvalue weighted by atomic mass is 35.5. The number of rotatable bonds is 4. The minimum Gasteiger partial charge on any atom is -0.462 e. The van der Waals surface area contributed by atoms with E-state index in [2.05, 4.69) is 0 Å². The topological polar surface area (TPSA) is 52.3 Å². The van der Waals surface area contributed by atoms with Crippen LogP contribution in [0, 0.1) is 6.92 Å². The molecule has 0 aromatic heterocycles. The molecular weight excluding hydrogens is 226 g/mol. The van der Waals surface area contributed by atoms with E-state index in [-0.39, 0.29) is 0 Å². The van der Waals surface area contributed by atoms with E-state index in [0.717, 1.165) is 18.4 Å². The molecule has 88 valence electrons. The van der Waals surface area contributed by atoms with Crippen LogP contribution in [-0.4, -0.2) is 12.6 Å². The Kier molecular flexibility index (Phi) is 4.62. The minimum absolute atomic E-state index is 0.348. The van der Waals surface area contributed by atoms with Crippen LogP contribution in [0.15, 0.2) is 12.1 Å². The van der Waals surface area contributed by atoms with Crippen molar-refractivity contribution in [1.82, 2.24) is 0 Å². The van der Waals surface area contributed by atoms with Crippen molar-refractivity contribution in [3.8, 4) is 0 Å². The van der Waals surface area contributed by atoms with E-state index in [1.165, 1.54) is 6.07 Å². The molecule has 3 nitrogen and oxygen atoms in total. The zero-order valence-electron chi connectivity index (χ0n) is 9.55. The Labute approximate surface area is 101 Å². The van der Waals surface area contributed by atoms with Gasteiger partial charge < -0.3 is 10.5 Å². The molecule has 0 amide bonds. The lowest BCUT2D eigenvalue weighted by atomic mass is 10.1. The predicted octanol–water partition coefficient (Wildman–Crippen LogP) is 3.19. The largest absolute Gasteiger partial charge is 0.462 e. The van der Waals surface area contributed by atoms with Crippen molar-refractivity contribution >= 4 is 23.3 Å². The zero-order chi connectivity index (χ0) is 12.1. The summed E-state index contributed by atoms with van der Waals surface area (Å²) in [6.45, 7) is 4.26. The van der Waals surface area contributed by atoms with Crippen LogP contribution < -0.4 is 5.73 Å². The van der Waals surface area contributed by atoms with Crippen molar-refractivity contribution in [3.05, 3.63) is 28.3 Å². The van der Waals surface area contributed by atoms with Crippen molar-refractivity contribution in [1.29, 1.82) is 0 Å². The molecule has 0 aliphatic rings. The van der Waals surface area contributed by atoms with Gasteiger partial charge in [0.15, 0.2) is 0 Å². The average Bonchev–Trinajstić information content (AvgIpc) is 2.23. The van der Waals surface area contributed by atoms with Crippen LogP contribution in [-0.2, 0) is 4.74 Å². The summed E-state index contributed by atoms with van der Waals surface area (Å²) < 4.78 is 5.08. The standard InChI is InChI=1S/C12H16ClNO2/c1-3-4-5-16-12(15)10-7-9(13)6-8(2)11(10)14/h6-7H,3-5,14H2,1-2H3. The third-order valence-electron chi connectivity index (χ3n) is 2.30. The number of nitrogen functional groups attached to an aromatic ring is 1. The number of ether oxygens (including phenoxy) is 1. The van der Waals surface area contributed by atoms with Crippen LogP contribution in [0.3, 0.4) is 0 Å². The molecule has 4 heteroatoms. The van der Waals surface area contributed by atoms with Gasteiger partial charge in [-0.2, -0.15) is 0 Å². The average molecular weight is 242 g/mol. The molecule has 16 heavy (non-hydrogen) atoms. The van der Waals surface area contributed by atoms with Crippen LogP contribution in [0.2, 0.25) is 5.02 Å². The highest BCUT2D eigenvalue weighted by molar-refractivity contribution is 6.31. The maximum absolute atomic E-state index is 11.7.